The number of amides is 2. The molecule has 11 heteroatoms. The van der Waals surface area contributed by atoms with E-state index in [9.17, 15) is 14.9 Å². The van der Waals surface area contributed by atoms with Gasteiger partial charge in [-0.05, 0) is 76.4 Å². The quantitative estimate of drug-likeness (QED) is 0.189. The first-order valence-electron chi connectivity index (χ1n) is 10.8. The van der Waals surface area contributed by atoms with E-state index in [1.807, 2.05) is 33.2 Å². The molecule has 34 heavy (non-hydrogen) atoms. The van der Waals surface area contributed by atoms with Crippen LogP contribution in [0.1, 0.15) is 25.3 Å². The lowest BCUT2D eigenvalue weighted by Gasteiger charge is -2.31. The van der Waals surface area contributed by atoms with Crippen LogP contribution in [0.15, 0.2) is 36.4 Å². The third kappa shape index (κ3) is 8.60. The highest BCUT2D eigenvalue weighted by molar-refractivity contribution is 6.42. The van der Waals surface area contributed by atoms with Crippen molar-refractivity contribution < 1.29 is 9.72 Å². The lowest BCUT2D eigenvalue weighted by molar-refractivity contribution is -0.384. The number of halogens is 3. The molecular weight excluding hydrogens is 501 g/mol. The summed E-state index contributed by atoms with van der Waals surface area (Å²) < 4.78 is 0. The first kappa shape index (κ1) is 28.1. The van der Waals surface area contributed by atoms with E-state index in [4.69, 9.17) is 34.8 Å². The third-order valence-corrected chi connectivity index (χ3v) is 6.53. The molecule has 2 aromatic carbocycles. The van der Waals surface area contributed by atoms with Gasteiger partial charge >= 0.3 is 6.03 Å². The number of hydrogen-bond donors (Lipinski definition) is 3. The third-order valence-electron chi connectivity index (χ3n) is 5.47. The Balaban J connectivity index is 2.05. The van der Waals surface area contributed by atoms with Crippen molar-refractivity contribution in [3.05, 3.63) is 67.1 Å². The van der Waals surface area contributed by atoms with Gasteiger partial charge in [0, 0.05) is 23.7 Å². The second kappa shape index (κ2) is 13.1. The fraction of sp³-hybridized carbons (Fsp3) is 0.435. The molecule has 1 atom stereocenters. The van der Waals surface area contributed by atoms with Gasteiger partial charge in [-0.3, -0.25) is 10.1 Å². The van der Waals surface area contributed by atoms with Crippen LogP contribution in [0.2, 0.25) is 15.1 Å². The minimum absolute atomic E-state index is 0.00114. The Labute approximate surface area is 215 Å². The minimum atomic E-state index is -0.599. The van der Waals surface area contributed by atoms with E-state index in [-0.39, 0.29) is 16.4 Å². The van der Waals surface area contributed by atoms with Gasteiger partial charge in [-0.15, -0.1) is 0 Å². The van der Waals surface area contributed by atoms with Gasteiger partial charge in [0.15, 0.2) is 0 Å². The molecular formula is C23H30Cl3N5O3. The Morgan fingerprint density at radius 3 is 2.41 bits per heavy atom. The minimum Gasteiger partial charge on any atom is -0.337 e. The van der Waals surface area contributed by atoms with E-state index in [0.717, 1.165) is 38.0 Å². The summed E-state index contributed by atoms with van der Waals surface area (Å²) in [4.78, 5) is 25.2. The summed E-state index contributed by atoms with van der Waals surface area (Å²) in [6.07, 6.45) is 1.77. The second-order valence-corrected chi connectivity index (χ2v) is 9.80. The summed E-state index contributed by atoms with van der Waals surface area (Å²) in [6, 6.07) is 9.08. The zero-order chi connectivity index (χ0) is 25.3. The van der Waals surface area contributed by atoms with Crippen LogP contribution in [0.3, 0.4) is 0 Å². The zero-order valence-corrected chi connectivity index (χ0v) is 21.7. The average molecular weight is 531 g/mol. The molecule has 0 aliphatic rings. The number of nitrogens with zero attached hydrogens (tertiary/aromatic N) is 2. The number of nitrogens with one attached hydrogen (secondary N) is 3. The van der Waals surface area contributed by atoms with Gasteiger partial charge in [0.05, 0.1) is 15.0 Å². The second-order valence-electron chi connectivity index (χ2n) is 8.58. The maximum Gasteiger partial charge on any atom is 0.319 e. The predicted molar refractivity (Wildman–Crippen MR) is 140 cm³/mol. The molecule has 0 spiro atoms. The first-order chi connectivity index (χ1) is 16.0. The highest BCUT2D eigenvalue weighted by atomic mass is 35.5. The van der Waals surface area contributed by atoms with E-state index in [0.29, 0.717) is 16.6 Å². The Morgan fingerprint density at radius 1 is 1.06 bits per heavy atom. The van der Waals surface area contributed by atoms with Crippen molar-refractivity contribution >= 4 is 52.2 Å². The van der Waals surface area contributed by atoms with Gasteiger partial charge < -0.3 is 20.9 Å². The van der Waals surface area contributed by atoms with Gasteiger partial charge in [-0.2, -0.15) is 0 Å². The van der Waals surface area contributed by atoms with E-state index in [2.05, 4.69) is 20.9 Å². The van der Waals surface area contributed by atoms with Crippen molar-refractivity contribution in [1.29, 1.82) is 0 Å². The highest BCUT2D eigenvalue weighted by Crippen LogP contribution is 2.32. The first-order valence-corrected chi connectivity index (χ1v) is 11.9. The Kier molecular flexibility index (Phi) is 10.9. The monoisotopic (exact) mass is 529 g/mol. The largest absolute Gasteiger partial charge is 0.337 e. The lowest BCUT2D eigenvalue weighted by atomic mass is 9.79. The number of anilines is 1. The molecule has 2 aromatic rings. The van der Waals surface area contributed by atoms with Gasteiger partial charge in [0.25, 0.3) is 5.69 Å². The Morgan fingerprint density at radius 2 is 1.76 bits per heavy atom. The molecule has 1 unspecified atom stereocenters. The van der Waals surface area contributed by atoms with E-state index in [1.165, 1.54) is 18.2 Å². The molecule has 0 bridgehead atoms. The Hall–Kier alpha value is -2.10. The van der Waals surface area contributed by atoms with Crippen molar-refractivity contribution in [1.82, 2.24) is 15.5 Å². The number of benzene rings is 2. The molecule has 0 saturated carbocycles. The highest BCUT2D eigenvalue weighted by Gasteiger charge is 2.28. The molecule has 0 aliphatic carbocycles. The van der Waals surface area contributed by atoms with Crippen LogP contribution in [0.4, 0.5) is 16.2 Å². The summed E-state index contributed by atoms with van der Waals surface area (Å²) in [6.45, 7) is 4.99. The number of nitro groups is 1. The van der Waals surface area contributed by atoms with Crippen LogP contribution < -0.4 is 16.0 Å². The van der Waals surface area contributed by atoms with Crippen LogP contribution >= 0.6 is 34.8 Å². The fourth-order valence-electron chi connectivity index (χ4n) is 3.40. The lowest BCUT2D eigenvalue weighted by Crippen LogP contribution is -2.42. The van der Waals surface area contributed by atoms with Gasteiger partial charge in [0.2, 0.25) is 0 Å². The van der Waals surface area contributed by atoms with Crippen LogP contribution in [0.5, 0.6) is 0 Å². The summed E-state index contributed by atoms with van der Waals surface area (Å²) in [5, 5.41) is 20.9. The average Bonchev–Trinajstić information content (AvgIpc) is 2.77. The number of carbonyl (C=O) groups excluding carboxylic acids is 1. The van der Waals surface area contributed by atoms with Crippen LogP contribution in [-0.4, -0.2) is 56.1 Å². The maximum absolute atomic E-state index is 12.6. The number of rotatable bonds is 12. The van der Waals surface area contributed by atoms with Crippen LogP contribution in [0, 0.1) is 10.1 Å². The summed E-state index contributed by atoms with van der Waals surface area (Å²) in [5.41, 5.74) is 0.499. The number of nitro benzene ring substituents is 1. The molecule has 0 fully saturated rings. The fourth-order valence-corrected chi connectivity index (χ4v) is 3.88. The normalized spacial score (nSPS) is 12.9. The molecule has 0 aromatic heterocycles. The molecule has 0 heterocycles. The SMILES string of the molecule is CN(C)CCCNCCC(C)(CNC(=O)Nc1ccc(Cl)c([N+](=O)[O-])c1)c1ccc(Cl)c(Cl)c1. The smallest absolute Gasteiger partial charge is 0.319 e. The van der Waals surface area contributed by atoms with Crippen molar-refractivity contribution in [2.24, 2.45) is 0 Å². The van der Waals surface area contributed by atoms with Gasteiger partial charge in [0.1, 0.15) is 5.02 Å². The molecule has 2 amide bonds. The number of urea groups is 1. The van der Waals surface area contributed by atoms with E-state index in [1.54, 1.807) is 6.07 Å². The Bertz CT molecular complexity index is 1010. The summed E-state index contributed by atoms with van der Waals surface area (Å²) in [7, 11) is 4.08. The van der Waals surface area contributed by atoms with Gasteiger partial charge in [-0.1, -0.05) is 47.8 Å². The van der Waals surface area contributed by atoms with Gasteiger partial charge in [-0.25, -0.2) is 4.79 Å². The molecule has 3 N–H and O–H groups in total. The number of hydrogen-bond acceptors (Lipinski definition) is 5. The summed E-state index contributed by atoms with van der Waals surface area (Å²) in [5.74, 6) is 0. The van der Waals surface area contributed by atoms with E-state index < -0.39 is 16.4 Å². The van der Waals surface area contributed by atoms with Crippen molar-refractivity contribution in [3.63, 3.8) is 0 Å². The van der Waals surface area contributed by atoms with E-state index >= 15 is 0 Å². The zero-order valence-electron chi connectivity index (χ0n) is 19.5. The molecule has 0 saturated heterocycles. The predicted octanol–water partition coefficient (Wildman–Crippen LogP) is 5.57. The topological polar surface area (TPSA) is 99.5 Å². The molecule has 0 aliphatic heterocycles. The standard InChI is InChI=1S/C23H30Cl3N5O3/c1-23(9-11-27-10-4-12-30(2)3,16-5-7-18(24)20(26)13-16)15-28-22(32)29-17-6-8-19(25)21(14-17)31(33)34/h5-8,13-14,27H,4,9-12,15H2,1-3H3,(H2,28,29,32). The molecule has 186 valence electrons. The van der Waals surface area contributed by atoms with Crippen LogP contribution in [0.25, 0.3) is 0 Å². The number of carbonyl (C=O) groups is 1. The molecule has 0 radical (unpaired) electrons. The maximum atomic E-state index is 12.6. The van der Waals surface area contributed by atoms with Crippen molar-refractivity contribution in [2.75, 3.05) is 45.6 Å². The van der Waals surface area contributed by atoms with Crippen molar-refractivity contribution in [2.45, 2.75) is 25.2 Å². The van der Waals surface area contributed by atoms with Crippen LogP contribution in [-0.2, 0) is 5.41 Å². The molecule has 8 nitrogen and oxygen atoms in total. The molecule has 2 rings (SSSR count). The van der Waals surface area contributed by atoms with Crippen molar-refractivity contribution in [3.8, 4) is 0 Å². The summed E-state index contributed by atoms with van der Waals surface area (Å²) >= 11 is 18.2.